The zero-order chi connectivity index (χ0) is 20.4. The van der Waals surface area contributed by atoms with E-state index in [1.807, 2.05) is 41.3 Å². The van der Waals surface area contributed by atoms with E-state index in [4.69, 9.17) is 16.3 Å². The third-order valence-corrected chi connectivity index (χ3v) is 8.34. The molecule has 0 unspecified atom stereocenters. The van der Waals surface area contributed by atoms with E-state index >= 15 is 0 Å². The molecule has 4 rings (SSSR count). The van der Waals surface area contributed by atoms with E-state index in [1.165, 1.54) is 4.31 Å². The molecule has 0 N–H and O–H groups in total. The van der Waals surface area contributed by atoms with Crippen LogP contribution in [0.1, 0.15) is 0 Å². The molecule has 7 nitrogen and oxygen atoms in total. The minimum atomic E-state index is -3.51. The number of nitrogens with zero attached hydrogens (tertiary/aromatic N) is 4. The molecule has 3 aromatic rings. The van der Waals surface area contributed by atoms with Gasteiger partial charge in [-0.3, -0.25) is 0 Å². The SMILES string of the molecule is COc1ccccc1-c1ccc(N2CCN(S(=O)(=O)c3ccc(Cl)s3)CC2)nn1. The van der Waals surface area contributed by atoms with Gasteiger partial charge in [-0.1, -0.05) is 23.7 Å². The Bertz CT molecular complexity index is 1090. The van der Waals surface area contributed by atoms with Crippen molar-refractivity contribution < 1.29 is 13.2 Å². The number of hydrogen-bond acceptors (Lipinski definition) is 7. The quantitative estimate of drug-likeness (QED) is 0.593. The summed E-state index contributed by atoms with van der Waals surface area (Å²) in [5.41, 5.74) is 1.60. The molecule has 0 atom stereocenters. The van der Waals surface area contributed by atoms with Crippen molar-refractivity contribution in [2.24, 2.45) is 0 Å². The summed E-state index contributed by atoms with van der Waals surface area (Å²) in [6, 6.07) is 14.6. The average molecular weight is 451 g/mol. The molecule has 1 saturated heterocycles. The predicted octanol–water partition coefficient (Wildman–Crippen LogP) is 3.38. The Morgan fingerprint density at radius 1 is 1.00 bits per heavy atom. The molecule has 1 fully saturated rings. The van der Waals surface area contributed by atoms with Gasteiger partial charge in [0.2, 0.25) is 0 Å². The van der Waals surface area contributed by atoms with Gasteiger partial charge in [-0.05, 0) is 36.4 Å². The van der Waals surface area contributed by atoms with Crippen LogP contribution in [-0.4, -0.2) is 56.2 Å². The molecule has 0 saturated carbocycles. The molecular weight excluding hydrogens is 432 g/mol. The van der Waals surface area contributed by atoms with E-state index in [1.54, 1.807) is 19.2 Å². The number of aromatic nitrogens is 2. The number of rotatable bonds is 5. The summed E-state index contributed by atoms with van der Waals surface area (Å²) in [6.45, 7) is 1.85. The third-order valence-electron chi connectivity index (χ3n) is 4.74. The lowest BCUT2D eigenvalue weighted by Crippen LogP contribution is -2.48. The molecule has 2 aromatic heterocycles. The molecule has 29 heavy (non-hydrogen) atoms. The largest absolute Gasteiger partial charge is 0.496 e. The smallest absolute Gasteiger partial charge is 0.252 e. The minimum Gasteiger partial charge on any atom is -0.496 e. The van der Waals surface area contributed by atoms with Crippen LogP contribution < -0.4 is 9.64 Å². The fraction of sp³-hybridized carbons (Fsp3) is 0.263. The van der Waals surface area contributed by atoms with E-state index in [-0.39, 0.29) is 4.21 Å². The van der Waals surface area contributed by atoms with Gasteiger partial charge in [0.05, 0.1) is 17.1 Å². The number of halogens is 1. The first kappa shape index (κ1) is 20.1. The number of anilines is 1. The van der Waals surface area contributed by atoms with Gasteiger partial charge in [0.15, 0.2) is 5.82 Å². The number of methoxy groups -OCH3 is 1. The summed E-state index contributed by atoms with van der Waals surface area (Å²) in [4.78, 5) is 2.03. The first-order chi connectivity index (χ1) is 14.0. The molecule has 1 aromatic carbocycles. The lowest BCUT2D eigenvalue weighted by Gasteiger charge is -2.34. The zero-order valence-electron chi connectivity index (χ0n) is 15.7. The van der Waals surface area contributed by atoms with E-state index in [9.17, 15) is 8.42 Å². The summed E-state index contributed by atoms with van der Waals surface area (Å²) in [5.74, 6) is 1.46. The Balaban J connectivity index is 1.45. The molecule has 0 aliphatic carbocycles. The summed E-state index contributed by atoms with van der Waals surface area (Å²) in [7, 11) is -1.88. The van der Waals surface area contributed by atoms with Crippen LogP contribution >= 0.6 is 22.9 Å². The highest BCUT2D eigenvalue weighted by Crippen LogP contribution is 2.30. The topological polar surface area (TPSA) is 75.6 Å². The number of piperazine rings is 1. The van der Waals surface area contributed by atoms with Crippen molar-refractivity contribution in [2.75, 3.05) is 38.2 Å². The Kier molecular flexibility index (Phi) is 5.73. The Hall–Kier alpha value is -2.20. The molecule has 10 heteroatoms. The molecule has 0 amide bonds. The zero-order valence-corrected chi connectivity index (χ0v) is 18.0. The highest BCUT2D eigenvalue weighted by molar-refractivity contribution is 7.91. The fourth-order valence-electron chi connectivity index (χ4n) is 3.21. The van der Waals surface area contributed by atoms with Gasteiger partial charge in [0, 0.05) is 31.7 Å². The van der Waals surface area contributed by atoms with Gasteiger partial charge in [-0.2, -0.15) is 4.31 Å². The maximum Gasteiger partial charge on any atom is 0.252 e. The summed E-state index contributed by atoms with van der Waals surface area (Å²) in [6.07, 6.45) is 0. The van der Waals surface area contributed by atoms with Crippen molar-refractivity contribution in [2.45, 2.75) is 4.21 Å². The van der Waals surface area contributed by atoms with Gasteiger partial charge in [0.25, 0.3) is 10.0 Å². The molecule has 1 aliphatic rings. The number of hydrogen-bond donors (Lipinski definition) is 0. The lowest BCUT2D eigenvalue weighted by molar-refractivity contribution is 0.384. The Morgan fingerprint density at radius 2 is 1.76 bits per heavy atom. The van der Waals surface area contributed by atoms with Crippen molar-refractivity contribution >= 4 is 38.8 Å². The fourth-order valence-corrected chi connectivity index (χ4v) is 6.27. The monoisotopic (exact) mass is 450 g/mol. The van der Waals surface area contributed by atoms with Crippen LogP contribution in [-0.2, 0) is 10.0 Å². The van der Waals surface area contributed by atoms with Crippen molar-refractivity contribution in [3.05, 3.63) is 52.9 Å². The van der Waals surface area contributed by atoms with E-state index < -0.39 is 10.0 Å². The molecular formula is C19H19ClN4O3S2. The van der Waals surface area contributed by atoms with Crippen molar-refractivity contribution in [3.8, 4) is 17.0 Å². The Labute approximate surface area is 178 Å². The number of sulfonamides is 1. The van der Waals surface area contributed by atoms with Crippen molar-refractivity contribution in [1.82, 2.24) is 14.5 Å². The Morgan fingerprint density at radius 3 is 2.38 bits per heavy atom. The van der Waals surface area contributed by atoms with Gasteiger partial charge >= 0.3 is 0 Å². The standard InChI is InChI=1S/C19H19ClN4O3S2/c1-27-16-5-3-2-4-14(16)15-6-8-18(22-21-15)23-10-12-24(13-11-23)29(25,26)19-9-7-17(20)28-19/h2-9H,10-13H2,1H3. The molecule has 1 aliphatic heterocycles. The number of ether oxygens (including phenoxy) is 1. The number of thiophene rings is 1. The molecule has 152 valence electrons. The highest BCUT2D eigenvalue weighted by atomic mass is 35.5. The predicted molar refractivity (Wildman–Crippen MR) is 114 cm³/mol. The summed E-state index contributed by atoms with van der Waals surface area (Å²) in [5, 5.41) is 8.67. The van der Waals surface area contributed by atoms with Crippen molar-refractivity contribution in [3.63, 3.8) is 0 Å². The molecule has 3 heterocycles. The van der Waals surface area contributed by atoms with E-state index in [0.29, 0.717) is 30.5 Å². The van der Waals surface area contributed by atoms with Crippen LogP contribution in [0.3, 0.4) is 0 Å². The van der Waals surface area contributed by atoms with Gasteiger partial charge in [0.1, 0.15) is 9.96 Å². The van der Waals surface area contributed by atoms with Gasteiger partial charge < -0.3 is 9.64 Å². The lowest BCUT2D eigenvalue weighted by atomic mass is 10.1. The maximum atomic E-state index is 12.7. The second-order valence-electron chi connectivity index (χ2n) is 6.43. The van der Waals surface area contributed by atoms with Crippen LogP contribution in [0.4, 0.5) is 5.82 Å². The van der Waals surface area contributed by atoms with E-state index in [2.05, 4.69) is 10.2 Å². The molecule has 0 spiro atoms. The molecule has 0 bridgehead atoms. The van der Waals surface area contributed by atoms with E-state index in [0.717, 1.165) is 34.2 Å². The second-order valence-corrected chi connectivity index (χ2v) is 10.3. The number of para-hydroxylation sites is 1. The maximum absolute atomic E-state index is 12.7. The summed E-state index contributed by atoms with van der Waals surface area (Å²) >= 11 is 6.97. The minimum absolute atomic E-state index is 0.275. The van der Waals surface area contributed by atoms with Crippen molar-refractivity contribution in [1.29, 1.82) is 0 Å². The summed E-state index contributed by atoms with van der Waals surface area (Å²) < 4.78 is 33.1. The first-order valence-corrected chi connectivity index (χ1v) is 11.6. The van der Waals surface area contributed by atoms with Gasteiger partial charge in [-0.15, -0.1) is 21.5 Å². The normalized spacial score (nSPS) is 15.4. The molecule has 0 radical (unpaired) electrons. The first-order valence-electron chi connectivity index (χ1n) is 8.96. The van der Waals surface area contributed by atoms with Crippen LogP contribution in [0, 0.1) is 0 Å². The van der Waals surface area contributed by atoms with Crippen LogP contribution in [0.5, 0.6) is 5.75 Å². The number of benzene rings is 1. The van der Waals surface area contributed by atoms with Gasteiger partial charge in [-0.25, -0.2) is 8.42 Å². The third kappa shape index (κ3) is 4.09. The second kappa shape index (κ2) is 8.27. The van der Waals surface area contributed by atoms with Crippen LogP contribution in [0.2, 0.25) is 4.34 Å². The van der Waals surface area contributed by atoms with Crippen LogP contribution in [0.15, 0.2) is 52.7 Å². The average Bonchev–Trinajstić information content (AvgIpc) is 3.21. The highest BCUT2D eigenvalue weighted by Gasteiger charge is 2.30. The van der Waals surface area contributed by atoms with Crippen LogP contribution in [0.25, 0.3) is 11.3 Å².